The van der Waals surface area contributed by atoms with Crippen LogP contribution < -0.4 is 0 Å². The number of nitrogens with zero attached hydrogens (tertiary/aromatic N) is 3. The van der Waals surface area contributed by atoms with Crippen LogP contribution in [-0.4, -0.2) is 64.9 Å². The number of fused-ring (bicyclic) bond motifs is 1. The van der Waals surface area contributed by atoms with Crippen LogP contribution in [0.25, 0.3) is 0 Å². The lowest BCUT2D eigenvalue weighted by molar-refractivity contribution is -0.0578. The van der Waals surface area contributed by atoms with E-state index in [9.17, 15) is 13.6 Å². The molecule has 2 saturated heterocycles. The van der Waals surface area contributed by atoms with Gasteiger partial charge in [0.1, 0.15) is 11.6 Å². The Bertz CT molecular complexity index is 884. The molecule has 0 bridgehead atoms. The Morgan fingerprint density at radius 3 is 2.48 bits per heavy atom. The molecule has 6 heteroatoms. The van der Waals surface area contributed by atoms with E-state index in [4.69, 9.17) is 0 Å². The molecule has 0 saturated carbocycles. The smallest absolute Gasteiger partial charge is 0.256 e. The van der Waals surface area contributed by atoms with Crippen LogP contribution in [-0.2, 0) is 6.54 Å². The van der Waals surface area contributed by atoms with Crippen molar-refractivity contribution >= 4 is 5.91 Å². The van der Waals surface area contributed by atoms with E-state index in [1.54, 1.807) is 23.1 Å². The molecule has 2 heterocycles. The first kappa shape index (κ1) is 20.0. The summed E-state index contributed by atoms with van der Waals surface area (Å²) in [6, 6.07) is 13.0. The van der Waals surface area contributed by atoms with Crippen LogP contribution in [0.4, 0.5) is 8.78 Å². The van der Waals surface area contributed by atoms with Crippen molar-refractivity contribution < 1.29 is 13.6 Å². The van der Waals surface area contributed by atoms with Gasteiger partial charge in [-0.25, -0.2) is 8.78 Å². The van der Waals surface area contributed by atoms with Crippen LogP contribution in [0.1, 0.15) is 29.8 Å². The predicted octanol–water partition coefficient (Wildman–Crippen LogP) is 3.39. The second kappa shape index (κ2) is 7.84. The number of halogens is 2. The molecule has 2 fully saturated rings. The number of carbonyl (C=O) groups is 1. The predicted molar refractivity (Wildman–Crippen MR) is 109 cm³/mol. The number of amides is 1. The molecule has 2 aromatic carbocycles. The van der Waals surface area contributed by atoms with Crippen molar-refractivity contribution in [3.63, 3.8) is 0 Å². The van der Waals surface area contributed by atoms with Gasteiger partial charge in [0.05, 0.1) is 5.56 Å². The minimum atomic E-state index is -0.473. The van der Waals surface area contributed by atoms with Gasteiger partial charge in [0.25, 0.3) is 5.91 Å². The van der Waals surface area contributed by atoms with Gasteiger partial charge in [-0.2, -0.15) is 0 Å². The summed E-state index contributed by atoms with van der Waals surface area (Å²) in [7, 11) is 0. The molecule has 2 aliphatic rings. The summed E-state index contributed by atoms with van der Waals surface area (Å²) in [4.78, 5) is 19.6. The zero-order chi connectivity index (χ0) is 20.6. The lowest BCUT2D eigenvalue weighted by atomic mass is 9.92. The fourth-order valence-electron chi connectivity index (χ4n) is 4.70. The third-order valence-corrected chi connectivity index (χ3v) is 6.06. The van der Waals surface area contributed by atoms with Crippen molar-refractivity contribution in [2.24, 2.45) is 0 Å². The molecule has 0 aliphatic carbocycles. The minimum Gasteiger partial charge on any atom is -0.335 e. The molecule has 4 rings (SSSR count). The minimum absolute atomic E-state index is 0.135. The molecular formula is C23H27F2N3O. The topological polar surface area (TPSA) is 26.8 Å². The summed E-state index contributed by atoms with van der Waals surface area (Å²) in [5, 5.41) is 0. The molecule has 2 aliphatic heterocycles. The van der Waals surface area contributed by atoms with Crippen LogP contribution in [0.15, 0.2) is 48.5 Å². The van der Waals surface area contributed by atoms with Gasteiger partial charge < -0.3 is 4.90 Å². The number of rotatable bonds is 3. The molecule has 0 N–H and O–H groups in total. The molecule has 1 atom stereocenters. The van der Waals surface area contributed by atoms with Gasteiger partial charge in [0.2, 0.25) is 0 Å². The van der Waals surface area contributed by atoms with Gasteiger partial charge >= 0.3 is 0 Å². The Kier molecular flexibility index (Phi) is 5.40. The third kappa shape index (κ3) is 4.19. The zero-order valence-corrected chi connectivity index (χ0v) is 16.9. The Morgan fingerprint density at radius 1 is 1.03 bits per heavy atom. The fourth-order valence-corrected chi connectivity index (χ4v) is 4.70. The molecule has 29 heavy (non-hydrogen) atoms. The number of benzene rings is 2. The molecule has 1 amide bonds. The highest BCUT2D eigenvalue weighted by molar-refractivity contribution is 5.94. The molecule has 0 radical (unpaired) electrons. The summed E-state index contributed by atoms with van der Waals surface area (Å²) in [6.45, 7) is 8.88. The van der Waals surface area contributed by atoms with E-state index in [0.717, 1.165) is 31.7 Å². The van der Waals surface area contributed by atoms with Crippen molar-refractivity contribution in [3.8, 4) is 0 Å². The summed E-state index contributed by atoms with van der Waals surface area (Å²) in [5.41, 5.74) is 1.04. The summed E-state index contributed by atoms with van der Waals surface area (Å²) < 4.78 is 27.3. The van der Waals surface area contributed by atoms with Crippen LogP contribution >= 0.6 is 0 Å². The molecule has 0 aromatic heterocycles. The molecule has 2 aromatic rings. The lowest BCUT2D eigenvalue weighted by Gasteiger charge is -2.55. The highest BCUT2D eigenvalue weighted by atomic mass is 19.1. The maximum Gasteiger partial charge on any atom is 0.256 e. The van der Waals surface area contributed by atoms with Crippen LogP contribution in [0.2, 0.25) is 0 Å². The van der Waals surface area contributed by atoms with E-state index >= 15 is 0 Å². The quantitative estimate of drug-likeness (QED) is 0.792. The Morgan fingerprint density at radius 2 is 1.76 bits per heavy atom. The van der Waals surface area contributed by atoms with Gasteiger partial charge in [-0.05, 0) is 43.7 Å². The number of hydrogen-bond donors (Lipinski definition) is 0. The second-order valence-electron chi connectivity index (χ2n) is 8.69. The normalized spacial score (nSPS) is 22.3. The van der Waals surface area contributed by atoms with Gasteiger partial charge in [0.15, 0.2) is 0 Å². The molecule has 0 unspecified atom stereocenters. The van der Waals surface area contributed by atoms with Crippen LogP contribution in [0, 0.1) is 11.6 Å². The van der Waals surface area contributed by atoms with Gasteiger partial charge in [0, 0.05) is 50.8 Å². The van der Waals surface area contributed by atoms with Gasteiger partial charge in [-0.15, -0.1) is 0 Å². The van der Waals surface area contributed by atoms with E-state index in [0.29, 0.717) is 13.1 Å². The first-order valence-electron chi connectivity index (χ1n) is 10.1. The Hall–Kier alpha value is -2.31. The first-order valence-corrected chi connectivity index (χ1v) is 10.1. The maximum absolute atomic E-state index is 14.2. The van der Waals surface area contributed by atoms with Crippen LogP contribution in [0.3, 0.4) is 0 Å². The summed E-state index contributed by atoms with van der Waals surface area (Å²) in [6.07, 6.45) is 0. The maximum atomic E-state index is 14.2. The zero-order valence-electron chi connectivity index (χ0n) is 16.9. The number of carbonyl (C=O) groups excluding carboxylic acids is 1. The standard InChI is InChI=1S/C23H27F2N3O/c1-23(2)16-27(22(29)20-5-3-4-6-21(20)25)15-19-14-26(11-12-28(19)23)13-17-7-9-18(24)10-8-17/h3-10,19H,11-16H2,1-2H3/t19-/m0/s1. The lowest BCUT2D eigenvalue weighted by Crippen LogP contribution is -2.70. The SMILES string of the molecule is CC1(C)CN(C(=O)c2ccccc2F)C[C@@H]2CN(Cc3ccc(F)cc3)CCN21. The van der Waals surface area contributed by atoms with E-state index in [1.165, 1.54) is 18.2 Å². The van der Waals surface area contributed by atoms with E-state index < -0.39 is 5.82 Å². The molecule has 154 valence electrons. The highest BCUT2D eigenvalue weighted by Gasteiger charge is 2.44. The Labute approximate surface area is 170 Å². The van der Waals surface area contributed by atoms with E-state index in [2.05, 4.69) is 23.6 Å². The first-order chi connectivity index (χ1) is 13.8. The van der Waals surface area contributed by atoms with Crippen molar-refractivity contribution in [2.75, 3.05) is 32.7 Å². The largest absolute Gasteiger partial charge is 0.335 e. The summed E-state index contributed by atoms with van der Waals surface area (Å²) in [5.74, 6) is -0.944. The van der Waals surface area contributed by atoms with Crippen molar-refractivity contribution in [1.82, 2.24) is 14.7 Å². The van der Waals surface area contributed by atoms with Gasteiger partial charge in [-0.3, -0.25) is 14.6 Å². The fraction of sp³-hybridized carbons (Fsp3) is 0.435. The van der Waals surface area contributed by atoms with E-state index in [1.807, 2.05) is 12.1 Å². The Balaban J connectivity index is 1.49. The van der Waals surface area contributed by atoms with Gasteiger partial charge in [-0.1, -0.05) is 24.3 Å². The summed E-state index contributed by atoms with van der Waals surface area (Å²) >= 11 is 0. The average molecular weight is 399 g/mol. The number of piperazine rings is 2. The molecule has 4 nitrogen and oxygen atoms in total. The second-order valence-corrected chi connectivity index (χ2v) is 8.69. The number of hydrogen-bond acceptors (Lipinski definition) is 3. The highest BCUT2D eigenvalue weighted by Crippen LogP contribution is 2.29. The third-order valence-electron chi connectivity index (χ3n) is 6.06. The van der Waals surface area contributed by atoms with Crippen LogP contribution in [0.5, 0.6) is 0 Å². The molecular weight excluding hydrogens is 372 g/mol. The molecule has 0 spiro atoms. The van der Waals surface area contributed by atoms with Crippen molar-refractivity contribution in [1.29, 1.82) is 0 Å². The monoisotopic (exact) mass is 399 g/mol. The van der Waals surface area contributed by atoms with E-state index in [-0.39, 0.29) is 28.9 Å². The van der Waals surface area contributed by atoms with Crippen molar-refractivity contribution in [2.45, 2.75) is 32.0 Å². The van der Waals surface area contributed by atoms with Crippen molar-refractivity contribution in [3.05, 3.63) is 71.3 Å². The average Bonchev–Trinajstić information content (AvgIpc) is 2.69.